The van der Waals surface area contributed by atoms with Gasteiger partial charge < -0.3 is 9.64 Å². The summed E-state index contributed by atoms with van der Waals surface area (Å²) in [5.41, 5.74) is 2.71. The van der Waals surface area contributed by atoms with Crippen LogP contribution in [-0.4, -0.2) is 45.0 Å². The van der Waals surface area contributed by atoms with Crippen molar-refractivity contribution in [3.05, 3.63) is 59.2 Å². The normalized spacial score (nSPS) is 15.2. The van der Waals surface area contributed by atoms with Crippen LogP contribution in [0, 0.1) is 13.8 Å². The summed E-state index contributed by atoms with van der Waals surface area (Å²) in [6.45, 7) is 6.74. The summed E-state index contributed by atoms with van der Waals surface area (Å²) in [4.78, 5) is 14.6. The minimum atomic E-state index is -3.58. The van der Waals surface area contributed by atoms with Crippen molar-refractivity contribution in [2.45, 2.75) is 51.0 Å². The molecule has 6 nitrogen and oxygen atoms in total. The zero-order valence-corrected chi connectivity index (χ0v) is 18.7. The first kappa shape index (κ1) is 22.3. The molecule has 0 atom stereocenters. The first-order valence-corrected chi connectivity index (χ1v) is 11.9. The molecule has 162 valence electrons. The number of nitrogens with one attached hydrogen (secondary N) is 1. The summed E-state index contributed by atoms with van der Waals surface area (Å²) in [5.74, 6) is 0.668. The molecule has 7 heteroatoms. The fourth-order valence-electron chi connectivity index (χ4n) is 3.69. The van der Waals surface area contributed by atoms with Crippen LogP contribution in [0.3, 0.4) is 0 Å². The van der Waals surface area contributed by atoms with Gasteiger partial charge in [0.25, 0.3) is 5.91 Å². The molecule has 0 aromatic heterocycles. The van der Waals surface area contributed by atoms with Gasteiger partial charge in [0.2, 0.25) is 10.0 Å². The van der Waals surface area contributed by atoms with Crippen LogP contribution in [0.2, 0.25) is 0 Å². The lowest BCUT2D eigenvalue weighted by Crippen LogP contribution is -2.47. The summed E-state index contributed by atoms with van der Waals surface area (Å²) in [7, 11) is -3.58. The highest BCUT2D eigenvalue weighted by Crippen LogP contribution is 2.21. The van der Waals surface area contributed by atoms with E-state index in [4.69, 9.17) is 4.74 Å². The van der Waals surface area contributed by atoms with E-state index in [1.807, 2.05) is 50.2 Å². The lowest BCUT2D eigenvalue weighted by Gasteiger charge is -2.32. The van der Waals surface area contributed by atoms with Crippen molar-refractivity contribution in [1.29, 1.82) is 0 Å². The average molecular weight is 431 g/mol. The first-order valence-electron chi connectivity index (χ1n) is 10.4. The van der Waals surface area contributed by atoms with E-state index in [0.717, 1.165) is 28.9 Å². The third kappa shape index (κ3) is 5.40. The number of piperidine rings is 1. The maximum atomic E-state index is 12.8. The van der Waals surface area contributed by atoms with E-state index in [-0.39, 0.29) is 18.6 Å². The van der Waals surface area contributed by atoms with Crippen LogP contribution < -0.4 is 9.46 Å². The molecular weight excluding hydrogens is 400 g/mol. The van der Waals surface area contributed by atoms with Crippen LogP contribution in [0.4, 0.5) is 0 Å². The average Bonchev–Trinajstić information content (AvgIpc) is 2.74. The summed E-state index contributed by atoms with van der Waals surface area (Å²) in [5, 5.41) is 0. The number of para-hydroxylation sites is 1. The number of benzene rings is 2. The molecule has 1 amide bonds. The maximum Gasteiger partial charge on any atom is 0.260 e. The molecule has 0 bridgehead atoms. The fraction of sp³-hybridized carbons (Fsp3) is 0.435. The van der Waals surface area contributed by atoms with Gasteiger partial charge in [0, 0.05) is 19.1 Å². The Labute approximate surface area is 179 Å². The molecule has 1 fully saturated rings. The molecule has 0 aliphatic carbocycles. The number of sulfonamides is 1. The van der Waals surface area contributed by atoms with E-state index in [2.05, 4.69) is 4.72 Å². The largest absolute Gasteiger partial charge is 0.483 e. The van der Waals surface area contributed by atoms with Crippen LogP contribution in [0.15, 0.2) is 47.4 Å². The Hall–Kier alpha value is -2.38. The summed E-state index contributed by atoms with van der Waals surface area (Å²) < 4.78 is 34.1. The predicted octanol–water partition coefficient (Wildman–Crippen LogP) is 3.21. The van der Waals surface area contributed by atoms with Crippen molar-refractivity contribution >= 4 is 15.9 Å². The molecule has 1 aliphatic rings. The second-order valence-corrected chi connectivity index (χ2v) is 9.48. The van der Waals surface area contributed by atoms with Crippen LogP contribution in [0.5, 0.6) is 5.75 Å². The van der Waals surface area contributed by atoms with E-state index in [1.165, 1.54) is 0 Å². The number of carbonyl (C=O) groups excluding carboxylic acids is 1. The van der Waals surface area contributed by atoms with Crippen molar-refractivity contribution in [3.63, 3.8) is 0 Å². The smallest absolute Gasteiger partial charge is 0.260 e. The minimum Gasteiger partial charge on any atom is -0.483 e. The first-order chi connectivity index (χ1) is 14.3. The van der Waals surface area contributed by atoms with Crippen molar-refractivity contribution < 1.29 is 17.9 Å². The Morgan fingerprint density at radius 3 is 2.53 bits per heavy atom. The number of likely N-dealkylation sites (tertiary alicyclic amines) is 1. The van der Waals surface area contributed by atoms with Gasteiger partial charge in [-0.2, -0.15) is 0 Å². The Kier molecular flexibility index (Phi) is 7.15. The van der Waals surface area contributed by atoms with Gasteiger partial charge in [0.15, 0.2) is 6.61 Å². The van der Waals surface area contributed by atoms with Gasteiger partial charge in [-0.25, -0.2) is 13.1 Å². The molecule has 1 aliphatic heterocycles. The number of carbonyl (C=O) groups is 1. The molecule has 2 aromatic rings. The van der Waals surface area contributed by atoms with E-state index in [0.29, 0.717) is 30.8 Å². The van der Waals surface area contributed by atoms with Gasteiger partial charge >= 0.3 is 0 Å². The highest BCUT2D eigenvalue weighted by Gasteiger charge is 2.27. The predicted molar refractivity (Wildman–Crippen MR) is 117 cm³/mol. The number of aryl methyl sites for hydroxylation is 3. The number of hydrogen-bond donors (Lipinski definition) is 1. The molecule has 0 spiro atoms. The second-order valence-electron chi connectivity index (χ2n) is 7.80. The van der Waals surface area contributed by atoms with Crippen molar-refractivity contribution in [3.8, 4) is 5.75 Å². The second kappa shape index (κ2) is 9.62. The SMILES string of the molecule is CCc1ccccc1OCC(=O)N1CCC(NS(=O)(=O)c2cc(C)ccc2C)CC1. The monoisotopic (exact) mass is 430 g/mol. The standard InChI is InChI=1S/C23H30N2O4S/c1-4-19-7-5-6-8-21(19)29-16-23(26)25-13-11-20(12-14-25)24-30(27,28)22-15-17(2)9-10-18(22)3/h5-10,15,20,24H,4,11-14,16H2,1-3H3. The number of hydrogen-bond acceptors (Lipinski definition) is 4. The summed E-state index contributed by atoms with van der Waals surface area (Å²) in [6.07, 6.45) is 2.01. The molecule has 0 radical (unpaired) electrons. The molecule has 2 aromatic carbocycles. The zero-order chi connectivity index (χ0) is 21.7. The van der Waals surface area contributed by atoms with Gasteiger partial charge in [-0.1, -0.05) is 37.3 Å². The molecule has 0 saturated carbocycles. The lowest BCUT2D eigenvalue weighted by molar-refractivity contribution is -0.134. The zero-order valence-electron chi connectivity index (χ0n) is 17.8. The van der Waals surface area contributed by atoms with Crippen LogP contribution >= 0.6 is 0 Å². The molecule has 1 N–H and O–H groups in total. The van der Waals surface area contributed by atoms with Crippen molar-refractivity contribution in [2.75, 3.05) is 19.7 Å². The van der Waals surface area contributed by atoms with Crippen LogP contribution in [-0.2, 0) is 21.2 Å². The number of nitrogens with zero attached hydrogens (tertiary/aromatic N) is 1. The summed E-state index contributed by atoms with van der Waals surface area (Å²) in [6, 6.07) is 13.0. The number of ether oxygens (including phenoxy) is 1. The highest BCUT2D eigenvalue weighted by atomic mass is 32.2. The van der Waals surface area contributed by atoms with Gasteiger partial charge in [-0.3, -0.25) is 4.79 Å². The Balaban J connectivity index is 1.53. The Morgan fingerprint density at radius 1 is 1.13 bits per heavy atom. The third-order valence-electron chi connectivity index (χ3n) is 5.51. The molecule has 1 heterocycles. The Bertz CT molecular complexity index is 996. The van der Waals surface area contributed by atoms with E-state index in [1.54, 1.807) is 17.9 Å². The topological polar surface area (TPSA) is 75.7 Å². The number of rotatable bonds is 7. The maximum absolute atomic E-state index is 12.8. The number of amides is 1. The summed E-state index contributed by atoms with van der Waals surface area (Å²) >= 11 is 0. The van der Waals surface area contributed by atoms with Gasteiger partial charge in [-0.15, -0.1) is 0 Å². The Morgan fingerprint density at radius 2 is 1.83 bits per heavy atom. The highest BCUT2D eigenvalue weighted by molar-refractivity contribution is 7.89. The fourth-order valence-corrected chi connectivity index (χ4v) is 5.33. The van der Waals surface area contributed by atoms with Crippen LogP contribution in [0.25, 0.3) is 0 Å². The van der Waals surface area contributed by atoms with Gasteiger partial charge in [-0.05, 0) is 61.9 Å². The van der Waals surface area contributed by atoms with Crippen molar-refractivity contribution in [2.24, 2.45) is 0 Å². The molecule has 3 rings (SSSR count). The van der Waals surface area contributed by atoms with E-state index < -0.39 is 10.0 Å². The van der Waals surface area contributed by atoms with Gasteiger partial charge in [0.05, 0.1) is 4.90 Å². The van der Waals surface area contributed by atoms with Crippen molar-refractivity contribution in [1.82, 2.24) is 9.62 Å². The molecular formula is C23H30N2O4S. The van der Waals surface area contributed by atoms with E-state index >= 15 is 0 Å². The molecule has 1 saturated heterocycles. The lowest BCUT2D eigenvalue weighted by atomic mass is 10.1. The van der Waals surface area contributed by atoms with Gasteiger partial charge in [0.1, 0.15) is 5.75 Å². The minimum absolute atomic E-state index is 0.00407. The third-order valence-corrected chi connectivity index (χ3v) is 7.17. The van der Waals surface area contributed by atoms with Crippen LogP contribution in [0.1, 0.15) is 36.5 Å². The van der Waals surface area contributed by atoms with E-state index in [9.17, 15) is 13.2 Å². The molecule has 30 heavy (non-hydrogen) atoms. The molecule has 0 unspecified atom stereocenters. The quantitative estimate of drug-likeness (QED) is 0.732.